The predicted octanol–water partition coefficient (Wildman–Crippen LogP) is 2.60. The summed E-state index contributed by atoms with van der Waals surface area (Å²) in [6.45, 7) is 0. The molecule has 0 aliphatic rings. The van der Waals surface area contributed by atoms with E-state index in [1.54, 1.807) is 60.8 Å². The van der Waals surface area contributed by atoms with Gasteiger partial charge in [0.05, 0.1) is 10.6 Å². The van der Waals surface area contributed by atoms with Crippen LogP contribution in [0, 0.1) is 10.1 Å². The Hall–Kier alpha value is -4.27. The summed E-state index contributed by atoms with van der Waals surface area (Å²) in [5, 5.41) is 20.3. The Bertz CT molecular complexity index is 1170. The maximum atomic E-state index is 11.6. The number of aliphatic imine (C=N–C) groups is 1. The number of nitrogens with one attached hydrogen (secondary N) is 2. The highest BCUT2D eigenvalue weighted by atomic mass is 16.6. The Morgan fingerprint density at radius 3 is 2.21 bits per heavy atom. The Morgan fingerprint density at radius 1 is 0.929 bits per heavy atom. The second kappa shape index (κ2) is 7.96. The molecule has 3 aromatic rings. The summed E-state index contributed by atoms with van der Waals surface area (Å²) in [7, 11) is 0. The molecule has 0 aliphatic carbocycles. The predicted molar refractivity (Wildman–Crippen MR) is 105 cm³/mol. The smallest absolute Gasteiger partial charge is 0.357 e. The first-order valence-electron chi connectivity index (χ1n) is 8.04. The van der Waals surface area contributed by atoms with Crippen molar-refractivity contribution >= 4 is 29.7 Å². The zero-order chi connectivity index (χ0) is 20.1. The average molecular weight is 378 g/mol. The summed E-state index contributed by atoms with van der Waals surface area (Å²) in [6.07, 6.45) is 4.49. The lowest BCUT2D eigenvalue weighted by Gasteiger charge is -1.98. The Labute approximate surface area is 157 Å². The Balaban J connectivity index is 1.79. The monoisotopic (exact) mass is 378 g/mol. The third-order valence-electron chi connectivity index (χ3n) is 3.72. The quantitative estimate of drug-likeness (QED) is 0.355. The molecule has 3 N–H and O–H groups in total. The molecule has 0 saturated carbocycles. The van der Waals surface area contributed by atoms with E-state index in [0.717, 1.165) is 5.56 Å². The van der Waals surface area contributed by atoms with Gasteiger partial charge in [0.2, 0.25) is 0 Å². The molecule has 0 spiro atoms. The van der Waals surface area contributed by atoms with Crippen LogP contribution in [-0.4, -0.2) is 26.2 Å². The van der Waals surface area contributed by atoms with Gasteiger partial charge in [0, 0.05) is 6.21 Å². The van der Waals surface area contributed by atoms with E-state index in [0.29, 0.717) is 11.3 Å². The van der Waals surface area contributed by atoms with Gasteiger partial charge in [-0.1, -0.05) is 30.3 Å². The van der Waals surface area contributed by atoms with E-state index < -0.39 is 21.9 Å². The molecule has 2 aromatic carbocycles. The van der Waals surface area contributed by atoms with E-state index in [2.05, 4.69) is 9.98 Å². The summed E-state index contributed by atoms with van der Waals surface area (Å²) in [5.41, 5.74) is -0.583. The first-order valence-corrected chi connectivity index (χ1v) is 8.04. The SMILES string of the molecule is O=c1[nH]c(C=Cc2ccc(C=Nc3ccc(O)cc3)cc2)c([N+](=O)[O-])c(=O)[nH]1. The number of aromatic hydroxyl groups is 1. The maximum Gasteiger partial charge on any atom is 0.357 e. The van der Waals surface area contributed by atoms with Gasteiger partial charge in [0.25, 0.3) is 0 Å². The van der Waals surface area contributed by atoms with Crippen molar-refractivity contribution in [3.8, 4) is 5.75 Å². The summed E-state index contributed by atoms with van der Waals surface area (Å²) in [4.78, 5) is 41.5. The number of aromatic amines is 2. The van der Waals surface area contributed by atoms with Crippen LogP contribution in [0.4, 0.5) is 11.4 Å². The molecule has 0 amide bonds. The highest BCUT2D eigenvalue weighted by Crippen LogP contribution is 2.17. The number of phenolic OH excluding ortho intramolecular Hbond substituents is 1. The van der Waals surface area contributed by atoms with Crippen LogP contribution in [0.3, 0.4) is 0 Å². The number of phenols is 1. The molecule has 140 valence electrons. The number of rotatable bonds is 5. The van der Waals surface area contributed by atoms with Crippen LogP contribution in [0.25, 0.3) is 12.2 Å². The van der Waals surface area contributed by atoms with Gasteiger partial charge >= 0.3 is 16.9 Å². The van der Waals surface area contributed by atoms with Gasteiger partial charge in [-0.05, 0) is 41.5 Å². The first-order chi connectivity index (χ1) is 13.4. The number of benzene rings is 2. The average Bonchev–Trinajstić information content (AvgIpc) is 2.66. The van der Waals surface area contributed by atoms with E-state index in [1.807, 2.05) is 4.98 Å². The van der Waals surface area contributed by atoms with Gasteiger partial charge < -0.3 is 10.1 Å². The Kier molecular flexibility index (Phi) is 5.26. The third kappa shape index (κ3) is 4.47. The second-order valence-corrected chi connectivity index (χ2v) is 5.70. The molecule has 9 heteroatoms. The molecule has 0 radical (unpaired) electrons. The van der Waals surface area contributed by atoms with Gasteiger partial charge in [-0.3, -0.25) is 24.9 Å². The molecular formula is C19H14N4O5. The maximum absolute atomic E-state index is 11.6. The first kappa shape index (κ1) is 18.5. The van der Waals surface area contributed by atoms with Gasteiger partial charge in [-0.2, -0.15) is 0 Å². The minimum atomic E-state index is -1.06. The minimum Gasteiger partial charge on any atom is -0.508 e. The zero-order valence-electron chi connectivity index (χ0n) is 14.3. The molecule has 0 unspecified atom stereocenters. The summed E-state index contributed by atoms with van der Waals surface area (Å²) >= 11 is 0. The van der Waals surface area contributed by atoms with Crippen molar-refractivity contribution in [2.45, 2.75) is 0 Å². The van der Waals surface area contributed by atoms with Crippen LogP contribution in [0.5, 0.6) is 5.75 Å². The second-order valence-electron chi connectivity index (χ2n) is 5.70. The number of H-pyrrole nitrogens is 2. The van der Waals surface area contributed by atoms with Crippen molar-refractivity contribution in [1.29, 1.82) is 0 Å². The largest absolute Gasteiger partial charge is 0.508 e. The van der Waals surface area contributed by atoms with Crippen LogP contribution in [-0.2, 0) is 0 Å². The van der Waals surface area contributed by atoms with Crippen LogP contribution >= 0.6 is 0 Å². The molecule has 0 bridgehead atoms. The molecule has 0 aliphatic heterocycles. The Morgan fingerprint density at radius 2 is 1.57 bits per heavy atom. The normalized spacial score (nSPS) is 11.3. The molecule has 0 fully saturated rings. The van der Waals surface area contributed by atoms with Crippen molar-refractivity contribution in [3.05, 3.63) is 96.3 Å². The summed E-state index contributed by atoms with van der Waals surface area (Å²) in [5.74, 6) is 0.164. The fraction of sp³-hybridized carbons (Fsp3) is 0. The van der Waals surface area contributed by atoms with Crippen LogP contribution < -0.4 is 11.2 Å². The minimum absolute atomic E-state index is 0.164. The molecular weight excluding hydrogens is 364 g/mol. The van der Waals surface area contributed by atoms with Gasteiger partial charge in [0.15, 0.2) is 0 Å². The molecule has 0 atom stereocenters. The fourth-order valence-electron chi connectivity index (χ4n) is 2.36. The number of nitro groups is 1. The van der Waals surface area contributed by atoms with Crippen molar-refractivity contribution in [2.75, 3.05) is 0 Å². The van der Waals surface area contributed by atoms with E-state index in [9.17, 15) is 24.8 Å². The van der Waals surface area contributed by atoms with E-state index in [4.69, 9.17) is 0 Å². The van der Waals surface area contributed by atoms with Crippen molar-refractivity contribution in [2.24, 2.45) is 4.99 Å². The molecule has 0 saturated heterocycles. The number of nitrogens with zero attached hydrogens (tertiary/aromatic N) is 2. The van der Waals surface area contributed by atoms with Crippen molar-refractivity contribution in [3.63, 3.8) is 0 Å². The molecule has 1 heterocycles. The van der Waals surface area contributed by atoms with Gasteiger partial charge in [-0.25, -0.2) is 4.79 Å². The molecule has 3 rings (SSSR count). The zero-order valence-corrected chi connectivity index (χ0v) is 14.3. The third-order valence-corrected chi connectivity index (χ3v) is 3.72. The van der Waals surface area contributed by atoms with Gasteiger partial charge in [0.1, 0.15) is 11.4 Å². The molecule has 9 nitrogen and oxygen atoms in total. The molecule has 28 heavy (non-hydrogen) atoms. The van der Waals surface area contributed by atoms with Crippen LogP contribution in [0.15, 0.2) is 63.1 Å². The van der Waals surface area contributed by atoms with Gasteiger partial charge in [-0.15, -0.1) is 0 Å². The number of aromatic nitrogens is 2. The lowest BCUT2D eigenvalue weighted by atomic mass is 10.1. The highest BCUT2D eigenvalue weighted by Gasteiger charge is 2.18. The van der Waals surface area contributed by atoms with E-state index in [-0.39, 0.29) is 11.4 Å². The topological polar surface area (TPSA) is 141 Å². The fourth-order valence-corrected chi connectivity index (χ4v) is 2.36. The van der Waals surface area contributed by atoms with E-state index in [1.165, 1.54) is 6.08 Å². The molecule has 1 aromatic heterocycles. The summed E-state index contributed by atoms with van der Waals surface area (Å²) in [6, 6.07) is 13.5. The number of hydrogen-bond donors (Lipinski definition) is 3. The highest BCUT2D eigenvalue weighted by molar-refractivity contribution is 5.82. The van der Waals surface area contributed by atoms with E-state index >= 15 is 0 Å². The lowest BCUT2D eigenvalue weighted by molar-refractivity contribution is -0.386. The standard InChI is InChI=1S/C19H14N4O5/c24-15-8-6-14(7-9-15)20-11-13-3-1-12(2-4-13)5-10-16-17(23(27)28)18(25)22-19(26)21-16/h1-11,24H,(H2,21,22,25,26). The van der Waals surface area contributed by atoms with Crippen molar-refractivity contribution in [1.82, 2.24) is 9.97 Å². The summed E-state index contributed by atoms with van der Waals surface area (Å²) < 4.78 is 0. The van der Waals surface area contributed by atoms with Crippen LogP contribution in [0.1, 0.15) is 16.8 Å². The van der Waals surface area contributed by atoms with Crippen molar-refractivity contribution < 1.29 is 10.0 Å². The lowest BCUT2D eigenvalue weighted by Crippen LogP contribution is -2.25. The van der Waals surface area contributed by atoms with Crippen LogP contribution in [0.2, 0.25) is 0 Å². The number of hydrogen-bond acceptors (Lipinski definition) is 6.